The predicted octanol–water partition coefficient (Wildman–Crippen LogP) is 4.66. The second-order valence-corrected chi connectivity index (χ2v) is 8.62. The molecule has 0 saturated heterocycles. The summed E-state index contributed by atoms with van der Waals surface area (Å²) in [4.78, 5) is 32.2. The fourth-order valence-electron chi connectivity index (χ4n) is 3.01. The number of carbonyl (C=O) groups excluding carboxylic acids is 2. The Morgan fingerprint density at radius 2 is 2.00 bits per heavy atom. The molecule has 0 saturated carbocycles. The molecule has 3 amide bonds. The molecule has 144 valence electrons. The number of nitrogens with one attached hydrogen (secondary N) is 2. The number of carbonyl (C=O) groups is 2. The smallest absolute Gasteiger partial charge is 0.319 e. The molecule has 2 N–H and O–H groups in total. The first kappa shape index (κ1) is 18.6. The molecule has 1 aliphatic rings. The second-order valence-electron chi connectivity index (χ2n) is 6.76. The van der Waals surface area contributed by atoms with Crippen LogP contribution in [0.5, 0.6) is 0 Å². The number of nitrogens with zero attached hydrogens (tertiary/aromatic N) is 2. The van der Waals surface area contributed by atoms with Crippen LogP contribution in [-0.4, -0.2) is 28.4 Å². The van der Waals surface area contributed by atoms with Crippen LogP contribution in [0.1, 0.15) is 32.1 Å². The summed E-state index contributed by atoms with van der Waals surface area (Å²) >= 11 is 2.91. The van der Waals surface area contributed by atoms with Gasteiger partial charge in [0.2, 0.25) is 0 Å². The van der Waals surface area contributed by atoms with E-state index in [0.717, 1.165) is 21.8 Å². The first-order valence-corrected chi connectivity index (χ1v) is 10.7. The Labute approximate surface area is 171 Å². The van der Waals surface area contributed by atoms with E-state index in [4.69, 9.17) is 0 Å². The van der Waals surface area contributed by atoms with Gasteiger partial charge in [0.1, 0.15) is 0 Å². The first-order valence-electron chi connectivity index (χ1n) is 8.95. The zero-order chi connectivity index (χ0) is 19.7. The normalized spacial score (nSPS) is 13.1. The van der Waals surface area contributed by atoms with Crippen molar-refractivity contribution in [2.45, 2.75) is 26.8 Å². The van der Waals surface area contributed by atoms with Gasteiger partial charge < -0.3 is 10.2 Å². The van der Waals surface area contributed by atoms with Crippen LogP contribution in [0.2, 0.25) is 0 Å². The molecule has 0 aliphatic carbocycles. The summed E-state index contributed by atoms with van der Waals surface area (Å²) in [5.41, 5.74) is 4.73. The van der Waals surface area contributed by atoms with Gasteiger partial charge in [-0.15, -0.1) is 0 Å². The number of hydrogen-bond donors (Lipinski definition) is 2. The zero-order valence-electron chi connectivity index (χ0n) is 15.6. The Morgan fingerprint density at radius 3 is 2.75 bits per heavy atom. The third-order valence-electron chi connectivity index (χ3n) is 4.78. The van der Waals surface area contributed by atoms with Gasteiger partial charge in [0, 0.05) is 28.9 Å². The van der Waals surface area contributed by atoms with Gasteiger partial charge in [-0.25, -0.2) is 9.78 Å². The minimum Gasteiger partial charge on any atom is -0.319 e. The Bertz CT molecular complexity index is 1030. The van der Waals surface area contributed by atoms with Crippen molar-refractivity contribution < 1.29 is 9.59 Å². The molecule has 0 fully saturated rings. The molecule has 3 aromatic rings. The van der Waals surface area contributed by atoms with Crippen LogP contribution in [0.25, 0.3) is 0 Å². The van der Waals surface area contributed by atoms with E-state index in [9.17, 15) is 9.59 Å². The summed E-state index contributed by atoms with van der Waals surface area (Å²) in [7, 11) is 0. The van der Waals surface area contributed by atoms with E-state index in [1.165, 1.54) is 28.2 Å². The maximum Gasteiger partial charge on any atom is 0.322 e. The lowest BCUT2D eigenvalue weighted by molar-refractivity contribution is 0.102. The molecule has 8 heteroatoms. The lowest BCUT2D eigenvalue weighted by atomic mass is 10.1. The van der Waals surface area contributed by atoms with Gasteiger partial charge in [-0.1, -0.05) is 17.4 Å². The predicted molar refractivity (Wildman–Crippen MR) is 113 cm³/mol. The summed E-state index contributed by atoms with van der Waals surface area (Å²) < 4.78 is 0. The van der Waals surface area contributed by atoms with Gasteiger partial charge in [0.15, 0.2) is 5.13 Å². The van der Waals surface area contributed by atoms with Crippen LogP contribution in [-0.2, 0) is 13.0 Å². The molecule has 0 spiro atoms. The van der Waals surface area contributed by atoms with Crippen molar-refractivity contribution in [3.63, 3.8) is 0 Å². The number of anilines is 2. The number of hydrogen-bond acceptors (Lipinski definition) is 5. The molecule has 0 radical (unpaired) electrons. The molecular weight excluding hydrogens is 392 g/mol. The Balaban J connectivity index is 1.41. The van der Waals surface area contributed by atoms with Crippen LogP contribution in [0.15, 0.2) is 35.0 Å². The monoisotopic (exact) mass is 412 g/mol. The fraction of sp³-hybridized carbons (Fsp3) is 0.250. The average Bonchev–Trinajstić information content (AvgIpc) is 3.33. The lowest BCUT2D eigenvalue weighted by Gasteiger charge is -2.26. The number of amides is 3. The van der Waals surface area contributed by atoms with E-state index in [1.54, 1.807) is 11.0 Å². The van der Waals surface area contributed by atoms with Crippen molar-refractivity contribution in [3.05, 3.63) is 62.3 Å². The highest BCUT2D eigenvalue weighted by molar-refractivity contribution is 7.16. The average molecular weight is 413 g/mol. The van der Waals surface area contributed by atoms with Crippen molar-refractivity contribution in [2.75, 3.05) is 17.2 Å². The molecule has 1 aliphatic heterocycles. The van der Waals surface area contributed by atoms with Gasteiger partial charge in [-0.3, -0.25) is 10.1 Å². The number of rotatable bonds is 3. The molecule has 0 unspecified atom stereocenters. The summed E-state index contributed by atoms with van der Waals surface area (Å²) in [5.74, 6) is -0.156. The van der Waals surface area contributed by atoms with Crippen molar-refractivity contribution in [1.82, 2.24) is 9.88 Å². The molecule has 4 rings (SSSR count). The zero-order valence-corrected chi connectivity index (χ0v) is 17.2. The van der Waals surface area contributed by atoms with Crippen molar-refractivity contribution >= 4 is 45.4 Å². The molecular formula is C20H20N4O2S2. The number of urea groups is 1. The summed E-state index contributed by atoms with van der Waals surface area (Å²) in [6.45, 7) is 5.18. The van der Waals surface area contributed by atoms with Crippen LogP contribution >= 0.6 is 22.7 Å². The SMILES string of the molecule is Cc1ccc(NC(=O)N2CCc3nc(NC(=O)c4ccsc4)sc3C2)cc1C. The quantitative estimate of drug-likeness (QED) is 0.657. The second kappa shape index (κ2) is 7.73. The highest BCUT2D eigenvalue weighted by Crippen LogP contribution is 2.29. The van der Waals surface area contributed by atoms with Gasteiger partial charge >= 0.3 is 6.03 Å². The Morgan fingerprint density at radius 1 is 1.14 bits per heavy atom. The highest BCUT2D eigenvalue weighted by atomic mass is 32.1. The van der Waals surface area contributed by atoms with Crippen LogP contribution in [0.3, 0.4) is 0 Å². The van der Waals surface area contributed by atoms with Gasteiger partial charge in [0.25, 0.3) is 5.91 Å². The van der Waals surface area contributed by atoms with Crippen LogP contribution in [0.4, 0.5) is 15.6 Å². The van der Waals surface area contributed by atoms with E-state index < -0.39 is 0 Å². The number of aryl methyl sites for hydroxylation is 2. The largest absolute Gasteiger partial charge is 0.322 e. The summed E-state index contributed by atoms with van der Waals surface area (Å²) in [5, 5.41) is 10.1. The number of aromatic nitrogens is 1. The van der Waals surface area contributed by atoms with Crippen LogP contribution in [0, 0.1) is 13.8 Å². The van der Waals surface area contributed by atoms with E-state index in [1.807, 2.05) is 42.8 Å². The highest BCUT2D eigenvalue weighted by Gasteiger charge is 2.25. The molecule has 0 bridgehead atoms. The fourth-order valence-corrected chi connectivity index (χ4v) is 4.66. The molecule has 1 aromatic carbocycles. The molecule has 6 nitrogen and oxygen atoms in total. The maximum atomic E-state index is 12.6. The van der Waals surface area contributed by atoms with Crippen molar-refractivity contribution in [1.29, 1.82) is 0 Å². The Kier molecular flexibility index (Phi) is 5.15. The summed E-state index contributed by atoms with van der Waals surface area (Å²) in [6.07, 6.45) is 0.681. The number of fused-ring (bicyclic) bond motifs is 1. The third-order valence-corrected chi connectivity index (χ3v) is 6.46. The van der Waals surface area contributed by atoms with Gasteiger partial charge in [-0.2, -0.15) is 11.3 Å². The lowest BCUT2D eigenvalue weighted by Crippen LogP contribution is -2.38. The topological polar surface area (TPSA) is 74.3 Å². The van der Waals surface area contributed by atoms with Crippen molar-refractivity contribution in [3.8, 4) is 0 Å². The third kappa shape index (κ3) is 3.93. The number of thiazole rings is 1. The number of thiophene rings is 1. The molecule has 0 atom stereocenters. The van der Waals surface area contributed by atoms with Crippen LogP contribution < -0.4 is 10.6 Å². The van der Waals surface area contributed by atoms with E-state index >= 15 is 0 Å². The first-order chi connectivity index (χ1) is 13.5. The minimum atomic E-state index is -0.156. The maximum absolute atomic E-state index is 12.6. The molecule has 3 heterocycles. The number of benzene rings is 1. The molecule has 28 heavy (non-hydrogen) atoms. The van der Waals surface area contributed by atoms with E-state index in [0.29, 0.717) is 30.2 Å². The van der Waals surface area contributed by atoms with E-state index in [-0.39, 0.29) is 11.9 Å². The van der Waals surface area contributed by atoms with Gasteiger partial charge in [0.05, 0.1) is 17.8 Å². The van der Waals surface area contributed by atoms with E-state index in [2.05, 4.69) is 15.6 Å². The Hall–Kier alpha value is -2.71. The van der Waals surface area contributed by atoms with Gasteiger partial charge in [-0.05, 0) is 48.6 Å². The standard InChI is InChI=1S/C20H20N4O2S2/c1-12-3-4-15(9-13(12)2)21-20(26)24-7-5-16-17(10-24)28-19(22-16)23-18(25)14-6-8-27-11-14/h3-4,6,8-9,11H,5,7,10H2,1-2H3,(H,21,26)(H,22,23,25). The summed E-state index contributed by atoms with van der Waals surface area (Å²) in [6, 6.07) is 7.57. The molecule has 2 aromatic heterocycles. The van der Waals surface area contributed by atoms with Crippen molar-refractivity contribution in [2.24, 2.45) is 0 Å². The minimum absolute atomic E-state index is 0.119.